The molecule has 2 heterocycles. The molecule has 140 valence electrons. The summed E-state index contributed by atoms with van der Waals surface area (Å²) in [5.74, 6) is 2.23. The van der Waals surface area contributed by atoms with Gasteiger partial charge in [0.2, 0.25) is 5.95 Å². The normalized spacial score (nSPS) is 19.9. The molecule has 3 aromatic rings. The zero-order valence-corrected chi connectivity index (χ0v) is 15.1. The molecular formula is C19H22N6O2. The number of nitrogens with zero attached hydrogens (tertiary/aromatic N) is 5. The van der Waals surface area contributed by atoms with Gasteiger partial charge in [0, 0.05) is 26.2 Å². The fourth-order valence-electron chi connectivity index (χ4n) is 3.19. The molecule has 8 heteroatoms. The number of aromatic nitrogens is 4. The lowest BCUT2D eigenvalue weighted by Crippen LogP contribution is -2.52. The molecule has 2 N–H and O–H groups in total. The molecule has 0 bridgehead atoms. The molecule has 0 unspecified atom stereocenters. The molecule has 0 amide bonds. The summed E-state index contributed by atoms with van der Waals surface area (Å²) in [6, 6.07) is 17.4. The first-order chi connectivity index (χ1) is 13.2. The van der Waals surface area contributed by atoms with Gasteiger partial charge in [0.25, 0.3) is 0 Å². The van der Waals surface area contributed by atoms with Gasteiger partial charge in [-0.1, -0.05) is 23.3 Å². The Morgan fingerprint density at radius 3 is 2.52 bits per heavy atom. The van der Waals surface area contributed by atoms with Gasteiger partial charge in [-0.15, -0.1) is 0 Å². The van der Waals surface area contributed by atoms with Gasteiger partial charge < -0.3 is 20.1 Å². The lowest BCUT2D eigenvalue weighted by atomic mass is 10.0. The summed E-state index contributed by atoms with van der Waals surface area (Å²) >= 11 is 0. The lowest BCUT2D eigenvalue weighted by Gasteiger charge is -2.35. The molecule has 0 radical (unpaired) electrons. The van der Waals surface area contributed by atoms with Crippen molar-refractivity contribution in [2.45, 2.75) is 18.6 Å². The third-order valence-electron chi connectivity index (χ3n) is 4.71. The number of para-hydroxylation sites is 1. The van der Waals surface area contributed by atoms with E-state index in [-0.39, 0.29) is 12.1 Å². The van der Waals surface area contributed by atoms with Gasteiger partial charge in [0.15, 0.2) is 0 Å². The highest BCUT2D eigenvalue weighted by Crippen LogP contribution is 2.24. The molecule has 8 nitrogen and oxygen atoms in total. The molecule has 1 aliphatic rings. The van der Waals surface area contributed by atoms with Crippen LogP contribution in [0.2, 0.25) is 0 Å². The number of tetrazole rings is 1. The maximum Gasteiger partial charge on any atom is 0.250 e. The summed E-state index contributed by atoms with van der Waals surface area (Å²) in [5.41, 5.74) is 6.97. The van der Waals surface area contributed by atoms with Crippen molar-refractivity contribution in [3.8, 4) is 17.2 Å². The minimum atomic E-state index is -0.0365. The van der Waals surface area contributed by atoms with E-state index in [2.05, 4.69) is 20.4 Å². The smallest absolute Gasteiger partial charge is 0.250 e. The van der Waals surface area contributed by atoms with Gasteiger partial charge in [-0.2, -0.15) is 4.68 Å². The van der Waals surface area contributed by atoms with Crippen molar-refractivity contribution in [2.24, 2.45) is 5.73 Å². The average Bonchev–Trinajstić information content (AvgIpc) is 3.19. The summed E-state index contributed by atoms with van der Waals surface area (Å²) in [5, 5.41) is 12.2. The molecule has 4 rings (SSSR count). The van der Waals surface area contributed by atoms with Crippen molar-refractivity contribution in [1.82, 2.24) is 20.2 Å². The van der Waals surface area contributed by atoms with Crippen LogP contribution in [0.15, 0.2) is 54.6 Å². The van der Waals surface area contributed by atoms with Crippen LogP contribution in [-0.4, -0.2) is 52.6 Å². The van der Waals surface area contributed by atoms with Gasteiger partial charge in [0.05, 0.1) is 11.8 Å². The average molecular weight is 366 g/mol. The van der Waals surface area contributed by atoms with Crippen molar-refractivity contribution >= 4 is 5.95 Å². The van der Waals surface area contributed by atoms with Crippen molar-refractivity contribution in [1.29, 1.82) is 0 Å². The number of methoxy groups -OCH3 is 1. The van der Waals surface area contributed by atoms with E-state index in [9.17, 15) is 0 Å². The van der Waals surface area contributed by atoms with E-state index in [0.29, 0.717) is 12.5 Å². The minimum absolute atomic E-state index is 0.0324. The first-order valence-electron chi connectivity index (χ1n) is 8.89. The standard InChI is InChI=1S/C19H22N6O2/c1-26-18-13-24(12-11-17(18)20)19-21-22-23-25(19)14-7-9-16(10-8-14)27-15-5-3-2-4-6-15/h2-10,17-18H,11-13,20H2,1H3/t17-,18+/m0/s1. The predicted molar refractivity (Wildman–Crippen MR) is 101 cm³/mol. The summed E-state index contributed by atoms with van der Waals surface area (Å²) in [6.45, 7) is 1.45. The van der Waals surface area contributed by atoms with Crippen LogP contribution in [0.4, 0.5) is 5.95 Å². The number of nitrogens with two attached hydrogens (primary N) is 1. The summed E-state index contributed by atoms with van der Waals surface area (Å²) in [6.07, 6.45) is 0.792. The molecule has 1 aliphatic heterocycles. The Kier molecular flexibility index (Phi) is 4.99. The van der Waals surface area contributed by atoms with Crippen LogP contribution in [0.1, 0.15) is 6.42 Å². The quantitative estimate of drug-likeness (QED) is 0.738. The fraction of sp³-hybridized carbons (Fsp3) is 0.316. The minimum Gasteiger partial charge on any atom is -0.457 e. The monoisotopic (exact) mass is 366 g/mol. The summed E-state index contributed by atoms with van der Waals surface area (Å²) in [4.78, 5) is 2.10. The number of piperidine rings is 1. The van der Waals surface area contributed by atoms with E-state index in [0.717, 1.165) is 30.2 Å². The second kappa shape index (κ2) is 7.73. The molecule has 2 aromatic carbocycles. The molecular weight excluding hydrogens is 344 g/mol. The Morgan fingerprint density at radius 2 is 1.78 bits per heavy atom. The van der Waals surface area contributed by atoms with E-state index in [1.54, 1.807) is 11.8 Å². The van der Waals surface area contributed by atoms with Gasteiger partial charge in [-0.3, -0.25) is 0 Å². The number of hydrogen-bond donors (Lipinski definition) is 1. The molecule has 1 fully saturated rings. The van der Waals surface area contributed by atoms with Crippen LogP contribution in [0, 0.1) is 0 Å². The predicted octanol–water partition coefficient (Wildman–Crippen LogP) is 2.01. The highest BCUT2D eigenvalue weighted by atomic mass is 16.5. The Hall–Kier alpha value is -2.97. The van der Waals surface area contributed by atoms with Crippen LogP contribution in [0.5, 0.6) is 11.5 Å². The van der Waals surface area contributed by atoms with E-state index in [1.807, 2.05) is 54.6 Å². The molecule has 0 aliphatic carbocycles. The highest BCUT2D eigenvalue weighted by Gasteiger charge is 2.29. The van der Waals surface area contributed by atoms with Gasteiger partial charge in [0.1, 0.15) is 11.5 Å². The number of ether oxygens (including phenoxy) is 2. The third kappa shape index (κ3) is 3.76. The second-order valence-corrected chi connectivity index (χ2v) is 6.47. The fourth-order valence-corrected chi connectivity index (χ4v) is 3.19. The topological polar surface area (TPSA) is 91.3 Å². The van der Waals surface area contributed by atoms with E-state index < -0.39 is 0 Å². The zero-order chi connectivity index (χ0) is 18.6. The van der Waals surface area contributed by atoms with Crippen LogP contribution in [0.25, 0.3) is 5.69 Å². The molecule has 2 atom stereocenters. The number of hydrogen-bond acceptors (Lipinski definition) is 7. The van der Waals surface area contributed by atoms with Crippen LogP contribution < -0.4 is 15.4 Å². The summed E-state index contributed by atoms with van der Waals surface area (Å²) in [7, 11) is 1.68. The molecule has 27 heavy (non-hydrogen) atoms. The highest BCUT2D eigenvalue weighted by molar-refractivity contribution is 5.44. The van der Waals surface area contributed by atoms with Gasteiger partial charge in [-0.05, 0) is 53.2 Å². The Bertz CT molecular complexity index is 867. The van der Waals surface area contributed by atoms with Crippen LogP contribution in [-0.2, 0) is 4.74 Å². The molecule has 1 aromatic heterocycles. The number of anilines is 1. The SMILES string of the molecule is CO[C@@H]1CN(c2nnnn2-c2ccc(Oc3ccccc3)cc2)CC[C@@H]1N. The van der Waals surface area contributed by atoms with Crippen molar-refractivity contribution in [3.63, 3.8) is 0 Å². The first kappa shape index (κ1) is 17.4. The van der Waals surface area contributed by atoms with Crippen molar-refractivity contribution in [3.05, 3.63) is 54.6 Å². The molecule has 1 saturated heterocycles. The lowest BCUT2D eigenvalue weighted by molar-refractivity contribution is 0.0725. The van der Waals surface area contributed by atoms with Crippen molar-refractivity contribution in [2.75, 3.05) is 25.1 Å². The Morgan fingerprint density at radius 1 is 1.04 bits per heavy atom. The third-order valence-corrected chi connectivity index (χ3v) is 4.71. The van der Waals surface area contributed by atoms with E-state index in [4.69, 9.17) is 15.2 Å². The zero-order valence-electron chi connectivity index (χ0n) is 15.1. The molecule has 0 spiro atoms. The largest absolute Gasteiger partial charge is 0.457 e. The Labute approximate surface area is 157 Å². The Balaban J connectivity index is 1.52. The maximum absolute atomic E-state index is 6.11. The van der Waals surface area contributed by atoms with Gasteiger partial charge >= 0.3 is 0 Å². The summed E-state index contributed by atoms with van der Waals surface area (Å²) < 4.78 is 13.0. The van der Waals surface area contributed by atoms with Crippen LogP contribution >= 0.6 is 0 Å². The van der Waals surface area contributed by atoms with Gasteiger partial charge in [-0.25, -0.2) is 0 Å². The van der Waals surface area contributed by atoms with E-state index in [1.165, 1.54) is 0 Å². The second-order valence-electron chi connectivity index (χ2n) is 6.47. The molecule has 0 saturated carbocycles. The van der Waals surface area contributed by atoms with E-state index >= 15 is 0 Å². The number of benzene rings is 2. The number of rotatable bonds is 5. The first-order valence-corrected chi connectivity index (χ1v) is 8.89. The van der Waals surface area contributed by atoms with Crippen LogP contribution in [0.3, 0.4) is 0 Å². The van der Waals surface area contributed by atoms with Crippen molar-refractivity contribution < 1.29 is 9.47 Å². The maximum atomic E-state index is 6.11.